The van der Waals surface area contributed by atoms with Crippen LogP contribution < -0.4 is 5.32 Å². The molecule has 0 unspecified atom stereocenters. The van der Waals surface area contributed by atoms with Crippen LogP contribution in [0.2, 0.25) is 0 Å². The van der Waals surface area contributed by atoms with Gasteiger partial charge in [-0.3, -0.25) is 4.79 Å². The van der Waals surface area contributed by atoms with Crippen LogP contribution in [0.3, 0.4) is 0 Å². The topological polar surface area (TPSA) is 32.3 Å². The van der Waals surface area contributed by atoms with Crippen molar-refractivity contribution >= 4 is 27.5 Å². The van der Waals surface area contributed by atoms with E-state index in [0.717, 1.165) is 22.3 Å². The largest absolute Gasteiger partial charge is 0.385 e. The Balaban J connectivity index is 2.16. The highest BCUT2D eigenvalue weighted by atomic mass is 79.9. The average Bonchev–Trinajstić information content (AvgIpc) is 2.47. The van der Waals surface area contributed by atoms with E-state index in [1.807, 2.05) is 62.5 Å². The third-order valence-electron chi connectivity index (χ3n) is 3.18. The van der Waals surface area contributed by atoms with Gasteiger partial charge in [-0.05, 0) is 36.8 Å². The number of amides is 1. The lowest BCUT2D eigenvalue weighted by Gasteiger charge is -2.19. The zero-order valence-corrected chi connectivity index (χ0v) is 13.9. The molecule has 0 heterocycles. The van der Waals surface area contributed by atoms with Gasteiger partial charge in [-0.2, -0.15) is 0 Å². The molecule has 0 saturated carbocycles. The average molecular weight is 347 g/mol. The molecule has 4 heteroatoms. The van der Waals surface area contributed by atoms with Gasteiger partial charge < -0.3 is 10.2 Å². The van der Waals surface area contributed by atoms with Crippen molar-refractivity contribution in [3.8, 4) is 0 Å². The Labute approximate surface area is 134 Å². The Morgan fingerprint density at radius 2 is 1.95 bits per heavy atom. The second kappa shape index (κ2) is 7.27. The van der Waals surface area contributed by atoms with Crippen molar-refractivity contribution in [3.05, 3.63) is 64.1 Å². The predicted molar refractivity (Wildman–Crippen MR) is 90.5 cm³/mol. The molecule has 21 heavy (non-hydrogen) atoms. The zero-order chi connectivity index (χ0) is 15.2. The molecule has 2 aromatic rings. The third kappa shape index (κ3) is 4.08. The summed E-state index contributed by atoms with van der Waals surface area (Å²) in [4.78, 5) is 14.3. The summed E-state index contributed by atoms with van der Waals surface area (Å²) in [5, 5.41) is 3.23. The molecule has 0 aliphatic rings. The summed E-state index contributed by atoms with van der Waals surface area (Å²) < 4.78 is 1.02. The highest BCUT2D eigenvalue weighted by Crippen LogP contribution is 2.18. The number of nitrogens with zero attached hydrogens (tertiary/aromatic N) is 1. The van der Waals surface area contributed by atoms with Gasteiger partial charge >= 0.3 is 0 Å². The Morgan fingerprint density at radius 3 is 2.67 bits per heavy atom. The van der Waals surface area contributed by atoms with E-state index in [9.17, 15) is 4.79 Å². The van der Waals surface area contributed by atoms with Crippen molar-refractivity contribution < 1.29 is 4.79 Å². The number of carbonyl (C=O) groups is 1. The molecule has 0 aromatic heterocycles. The van der Waals surface area contributed by atoms with Crippen molar-refractivity contribution in [1.82, 2.24) is 4.90 Å². The number of para-hydroxylation sites is 1. The lowest BCUT2D eigenvalue weighted by Crippen LogP contribution is -2.27. The molecular formula is C17H19BrN2O. The quantitative estimate of drug-likeness (QED) is 0.881. The number of hydrogen-bond donors (Lipinski definition) is 1. The van der Waals surface area contributed by atoms with Crippen LogP contribution in [0, 0.1) is 0 Å². The maximum absolute atomic E-state index is 12.6. The summed E-state index contributed by atoms with van der Waals surface area (Å²) in [5.74, 6) is 0.0199. The van der Waals surface area contributed by atoms with Crippen LogP contribution in [0.5, 0.6) is 0 Å². The van der Waals surface area contributed by atoms with Crippen LogP contribution >= 0.6 is 15.9 Å². The van der Waals surface area contributed by atoms with E-state index in [1.165, 1.54) is 0 Å². The fraction of sp³-hybridized carbons (Fsp3) is 0.235. The van der Waals surface area contributed by atoms with Crippen LogP contribution in [0.25, 0.3) is 0 Å². The van der Waals surface area contributed by atoms with E-state index >= 15 is 0 Å². The number of carbonyl (C=O) groups excluding carboxylic acids is 1. The zero-order valence-electron chi connectivity index (χ0n) is 12.3. The first-order valence-corrected chi connectivity index (χ1v) is 7.74. The van der Waals surface area contributed by atoms with E-state index in [1.54, 1.807) is 4.90 Å². The maximum atomic E-state index is 12.6. The van der Waals surface area contributed by atoms with Crippen LogP contribution in [-0.4, -0.2) is 24.4 Å². The summed E-state index contributed by atoms with van der Waals surface area (Å²) in [6.07, 6.45) is 0. The third-order valence-corrected chi connectivity index (χ3v) is 3.67. The Kier molecular flexibility index (Phi) is 5.39. The minimum absolute atomic E-state index is 0.0199. The fourth-order valence-electron chi connectivity index (χ4n) is 2.20. The van der Waals surface area contributed by atoms with Crippen molar-refractivity contribution in [2.45, 2.75) is 13.5 Å². The summed E-state index contributed by atoms with van der Waals surface area (Å²) in [6.45, 7) is 3.39. The fourth-order valence-corrected chi connectivity index (χ4v) is 2.65. The molecular weight excluding hydrogens is 328 g/mol. The van der Waals surface area contributed by atoms with Gasteiger partial charge in [-0.15, -0.1) is 0 Å². The summed E-state index contributed by atoms with van der Waals surface area (Å²) in [7, 11) is 1.83. The molecule has 1 N–H and O–H groups in total. The second-order valence-electron chi connectivity index (χ2n) is 4.87. The van der Waals surface area contributed by atoms with Gasteiger partial charge in [-0.25, -0.2) is 0 Å². The van der Waals surface area contributed by atoms with E-state index in [0.29, 0.717) is 12.1 Å². The monoisotopic (exact) mass is 346 g/mol. The molecule has 0 atom stereocenters. The number of anilines is 1. The van der Waals surface area contributed by atoms with Gasteiger partial charge in [0.1, 0.15) is 0 Å². The minimum atomic E-state index is 0.0199. The molecule has 0 bridgehead atoms. The summed E-state index contributed by atoms with van der Waals surface area (Å²) in [5.41, 5.74) is 2.68. The van der Waals surface area contributed by atoms with Gasteiger partial charge in [0.25, 0.3) is 5.91 Å². The van der Waals surface area contributed by atoms with Gasteiger partial charge in [0.2, 0.25) is 0 Å². The number of rotatable bonds is 5. The first-order chi connectivity index (χ1) is 10.1. The van der Waals surface area contributed by atoms with Crippen LogP contribution in [0.1, 0.15) is 22.8 Å². The molecule has 0 spiro atoms. The molecule has 0 fully saturated rings. The molecule has 110 valence electrons. The summed E-state index contributed by atoms with van der Waals surface area (Å²) >= 11 is 3.45. The van der Waals surface area contributed by atoms with E-state index in [-0.39, 0.29) is 5.91 Å². The van der Waals surface area contributed by atoms with Crippen molar-refractivity contribution in [2.24, 2.45) is 0 Å². The highest BCUT2D eigenvalue weighted by molar-refractivity contribution is 9.10. The smallest absolute Gasteiger partial charge is 0.255 e. The van der Waals surface area contributed by atoms with Gasteiger partial charge in [-0.1, -0.05) is 40.2 Å². The molecule has 3 nitrogen and oxygen atoms in total. The second-order valence-corrected chi connectivity index (χ2v) is 5.78. The number of halogens is 1. The minimum Gasteiger partial charge on any atom is -0.385 e. The molecule has 0 aliphatic heterocycles. The molecule has 0 saturated heterocycles. The number of benzene rings is 2. The van der Waals surface area contributed by atoms with Crippen molar-refractivity contribution in [1.29, 1.82) is 0 Å². The Morgan fingerprint density at radius 1 is 1.19 bits per heavy atom. The molecule has 2 aromatic carbocycles. The predicted octanol–water partition coefficient (Wildman–Crippen LogP) is 4.15. The Bertz CT molecular complexity index is 628. The lowest BCUT2D eigenvalue weighted by molar-refractivity contribution is 0.0786. The lowest BCUT2D eigenvalue weighted by atomic mass is 10.1. The molecule has 0 aliphatic carbocycles. The van der Waals surface area contributed by atoms with Gasteiger partial charge in [0.05, 0.1) is 5.56 Å². The summed E-state index contributed by atoms with van der Waals surface area (Å²) in [6, 6.07) is 15.6. The molecule has 2 rings (SSSR count). The number of hydrogen-bond acceptors (Lipinski definition) is 2. The Hall–Kier alpha value is -1.81. The van der Waals surface area contributed by atoms with Gasteiger partial charge in [0.15, 0.2) is 0 Å². The van der Waals surface area contributed by atoms with E-state index in [2.05, 4.69) is 21.2 Å². The molecule has 0 radical (unpaired) electrons. The van der Waals surface area contributed by atoms with Crippen molar-refractivity contribution in [2.75, 3.05) is 18.9 Å². The SMILES string of the molecule is CCNc1ccccc1C(=O)N(C)Cc1cccc(Br)c1. The first kappa shape index (κ1) is 15.6. The van der Waals surface area contributed by atoms with Crippen LogP contribution in [0.4, 0.5) is 5.69 Å². The highest BCUT2D eigenvalue weighted by Gasteiger charge is 2.15. The standard InChI is InChI=1S/C17H19BrN2O/c1-3-19-16-10-5-4-9-15(16)17(21)20(2)12-13-7-6-8-14(18)11-13/h4-11,19H,3,12H2,1-2H3. The van der Waals surface area contributed by atoms with Crippen molar-refractivity contribution in [3.63, 3.8) is 0 Å². The van der Waals surface area contributed by atoms with Crippen LogP contribution in [0.15, 0.2) is 53.0 Å². The first-order valence-electron chi connectivity index (χ1n) is 6.94. The molecule has 1 amide bonds. The van der Waals surface area contributed by atoms with E-state index in [4.69, 9.17) is 0 Å². The van der Waals surface area contributed by atoms with Gasteiger partial charge in [0, 0.05) is 30.3 Å². The van der Waals surface area contributed by atoms with E-state index < -0.39 is 0 Å². The maximum Gasteiger partial charge on any atom is 0.255 e. The normalized spacial score (nSPS) is 10.2. The number of nitrogens with one attached hydrogen (secondary N) is 1. The van der Waals surface area contributed by atoms with Crippen LogP contribution in [-0.2, 0) is 6.54 Å².